The molecule has 1 amide bonds. The van der Waals surface area contributed by atoms with Crippen molar-refractivity contribution in [2.24, 2.45) is 0 Å². The Morgan fingerprint density at radius 3 is 2.94 bits per heavy atom. The summed E-state index contributed by atoms with van der Waals surface area (Å²) in [6.45, 7) is 1.24. The molecule has 1 aliphatic rings. The van der Waals surface area contributed by atoms with Gasteiger partial charge in [0.25, 0.3) is 11.8 Å². The number of aromatic nitrogens is 6. The molecule has 0 radical (unpaired) electrons. The molecule has 0 saturated carbocycles. The summed E-state index contributed by atoms with van der Waals surface area (Å²) in [6.07, 6.45) is 4.48. The van der Waals surface area contributed by atoms with E-state index in [1.54, 1.807) is 10.9 Å². The molecule has 9 nitrogen and oxygen atoms in total. The number of carbonyl (C=O) groups excluding carboxylic acids is 1. The summed E-state index contributed by atoms with van der Waals surface area (Å²) in [5.74, 6) is 0.855. The van der Waals surface area contributed by atoms with Gasteiger partial charge in [-0.25, -0.2) is 4.68 Å². The molecule has 1 fully saturated rings. The van der Waals surface area contributed by atoms with E-state index in [2.05, 4.69) is 25.4 Å². The van der Waals surface area contributed by atoms with Crippen LogP contribution in [0, 0.1) is 0 Å². The molecule has 0 aliphatic carbocycles. The van der Waals surface area contributed by atoms with Crippen molar-refractivity contribution in [1.82, 2.24) is 35.0 Å². The zero-order valence-electron chi connectivity index (χ0n) is 17.0. The lowest BCUT2D eigenvalue weighted by molar-refractivity contribution is 0.0787. The van der Waals surface area contributed by atoms with Crippen LogP contribution in [0.3, 0.4) is 0 Å². The summed E-state index contributed by atoms with van der Waals surface area (Å²) in [5, 5.41) is 13.5. The van der Waals surface area contributed by atoms with Crippen molar-refractivity contribution in [3.63, 3.8) is 0 Å². The molecule has 0 bridgehead atoms. The van der Waals surface area contributed by atoms with E-state index >= 15 is 0 Å². The lowest BCUT2D eigenvalue weighted by Crippen LogP contribution is -2.29. The monoisotopic (exact) mass is 425 g/mol. The fourth-order valence-electron chi connectivity index (χ4n) is 4.10. The zero-order valence-corrected chi connectivity index (χ0v) is 17.0. The van der Waals surface area contributed by atoms with Gasteiger partial charge >= 0.3 is 0 Å². The van der Waals surface area contributed by atoms with Crippen LogP contribution in [-0.2, 0) is 0 Å². The first-order valence-electron chi connectivity index (χ1n) is 10.4. The van der Waals surface area contributed by atoms with E-state index in [-0.39, 0.29) is 11.9 Å². The van der Waals surface area contributed by atoms with Gasteiger partial charge in [0.1, 0.15) is 0 Å². The second-order valence-electron chi connectivity index (χ2n) is 7.85. The number of amides is 1. The Morgan fingerprint density at radius 2 is 2.03 bits per heavy atom. The van der Waals surface area contributed by atoms with Gasteiger partial charge in [-0.2, -0.15) is 4.98 Å². The summed E-state index contributed by atoms with van der Waals surface area (Å²) in [6, 6.07) is 17.4. The van der Waals surface area contributed by atoms with Crippen molar-refractivity contribution >= 4 is 16.8 Å². The van der Waals surface area contributed by atoms with E-state index in [0.717, 1.165) is 22.9 Å². The molecular formula is C23H19N7O2. The van der Waals surface area contributed by atoms with E-state index < -0.39 is 0 Å². The highest BCUT2D eigenvalue weighted by Gasteiger charge is 2.29. The predicted molar refractivity (Wildman–Crippen MR) is 117 cm³/mol. The number of nitrogens with one attached hydrogen (secondary N) is 1. The predicted octanol–water partition coefficient (Wildman–Crippen LogP) is 3.56. The lowest BCUT2D eigenvalue weighted by atomic mass is 10.1. The van der Waals surface area contributed by atoms with Crippen molar-refractivity contribution < 1.29 is 9.32 Å². The quantitative estimate of drug-likeness (QED) is 0.472. The summed E-state index contributed by atoms with van der Waals surface area (Å²) in [5.41, 5.74) is 3.10. The number of rotatable bonds is 4. The Hall–Kier alpha value is -4.27. The SMILES string of the molecule is O=C(c1ccc2[nH]ccc2c1)N1CC[C@@H](n2cc(-c3nc(-c4ccccc4)no3)nn2)C1. The molecule has 158 valence electrons. The third-order valence-electron chi connectivity index (χ3n) is 5.81. The first kappa shape index (κ1) is 18.5. The number of H-pyrrole nitrogens is 1. The summed E-state index contributed by atoms with van der Waals surface area (Å²) < 4.78 is 7.16. The Morgan fingerprint density at radius 1 is 1.12 bits per heavy atom. The van der Waals surface area contributed by atoms with Crippen LogP contribution in [0.2, 0.25) is 0 Å². The summed E-state index contributed by atoms with van der Waals surface area (Å²) in [4.78, 5) is 22.4. The fourth-order valence-corrected chi connectivity index (χ4v) is 4.10. The molecule has 1 N–H and O–H groups in total. The highest BCUT2D eigenvalue weighted by atomic mass is 16.5. The zero-order chi connectivity index (χ0) is 21.5. The van der Waals surface area contributed by atoms with Crippen molar-refractivity contribution in [2.75, 3.05) is 13.1 Å². The number of hydrogen-bond donors (Lipinski definition) is 1. The standard InChI is InChI=1S/C23H19N7O2/c31-23(17-6-7-19-16(12-17)8-10-24-19)29-11-9-18(13-29)30-14-20(26-28-30)22-25-21(27-32-22)15-4-2-1-3-5-15/h1-8,10,12,14,18,24H,9,11,13H2/t18-/m1/s1. The molecule has 32 heavy (non-hydrogen) atoms. The molecule has 4 heterocycles. The van der Waals surface area contributed by atoms with Crippen molar-refractivity contribution in [3.8, 4) is 23.0 Å². The Balaban J connectivity index is 1.17. The van der Waals surface area contributed by atoms with Crippen LogP contribution >= 0.6 is 0 Å². The molecule has 2 aromatic carbocycles. The van der Waals surface area contributed by atoms with Gasteiger partial charge < -0.3 is 14.4 Å². The molecular weight excluding hydrogens is 406 g/mol. The van der Waals surface area contributed by atoms with Crippen LogP contribution in [0.5, 0.6) is 0 Å². The summed E-state index contributed by atoms with van der Waals surface area (Å²) >= 11 is 0. The fraction of sp³-hybridized carbons (Fsp3) is 0.174. The number of fused-ring (bicyclic) bond motifs is 1. The maximum absolute atomic E-state index is 13.0. The van der Waals surface area contributed by atoms with E-state index in [4.69, 9.17) is 4.52 Å². The molecule has 1 aliphatic heterocycles. The van der Waals surface area contributed by atoms with Crippen LogP contribution < -0.4 is 0 Å². The smallest absolute Gasteiger partial charge is 0.280 e. The minimum absolute atomic E-state index is 0.0281. The Bertz CT molecular complexity index is 1400. The highest BCUT2D eigenvalue weighted by molar-refractivity contribution is 5.98. The number of hydrogen-bond acceptors (Lipinski definition) is 6. The topological polar surface area (TPSA) is 106 Å². The van der Waals surface area contributed by atoms with Crippen molar-refractivity contribution in [1.29, 1.82) is 0 Å². The maximum Gasteiger partial charge on any atom is 0.280 e. The minimum Gasteiger partial charge on any atom is -0.361 e. The third kappa shape index (κ3) is 3.24. The van der Waals surface area contributed by atoms with Crippen LogP contribution in [0.1, 0.15) is 22.8 Å². The van der Waals surface area contributed by atoms with Crippen LogP contribution in [0.25, 0.3) is 33.9 Å². The number of benzene rings is 2. The second kappa shape index (κ2) is 7.45. The molecule has 1 saturated heterocycles. The van der Waals surface area contributed by atoms with E-state index in [9.17, 15) is 4.79 Å². The first-order valence-corrected chi connectivity index (χ1v) is 10.4. The highest BCUT2D eigenvalue weighted by Crippen LogP contribution is 2.26. The largest absolute Gasteiger partial charge is 0.361 e. The maximum atomic E-state index is 13.0. The number of aromatic amines is 1. The molecule has 1 atom stereocenters. The lowest BCUT2D eigenvalue weighted by Gasteiger charge is -2.16. The van der Waals surface area contributed by atoms with Crippen molar-refractivity contribution in [2.45, 2.75) is 12.5 Å². The second-order valence-corrected chi connectivity index (χ2v) is 7.85. The average molecular weight is 425 g/mol. The van der Waals surface area contributed by atoms with Gasteiger partial charge in [0.2, 0.25) is 5.82 Å². The number of nitrogens with zero attached hydrogens (tertiary/aromatic N) is 6. The van der Waals surface area contributed by atoms with E-state index in [1.807, 2.05) is 65.7 Å². The summed E-state index contributed by atoms with van der Waals surface area (Å²) in [7, 11) is 0. The van der Waals surface area contributed by atoms with Crippen LogP contribution in [0.15, 0.2) is 71.5 Å². The molecule has 6 rings (SSSR count). The Kier molecular flexibility index (Phi) is 4.31. The first-order chi connectivity index (χ1) is 15.7. The van der Waals surface area contributed by atoms with Gasteiger partial charge in [-0.05, 0) is 30.7 Å². The van der Waals surface area contributed by atoms with Gasteiger partial charge in [0, 0.05) is 41.3 Å². The van der Waals surface area contributed by atoms with E-state index in [0.29, 0.717) is 36.1 Å². The molecule has 5 aromatic rings. The van der Waals surface area contributed by atoms with Crippen LogP contribution in [0.4, 0.5) is 0 Å². The third-order valence-corrected chi connectivity index (χ3v) is 5.81. The van der Waals surface area contributed by atoms with E-state index in [1.165, 1.54) is 0 Å². The molecule has 0 spiro atoms. The number of likely N-dealkylation sites (tertiary alicyclic amines) is 1. The Labute approximate surface area is 182 Å². The molecule has 3 aromatic heterocycles. The van der Waals surface area contributed by atoms with Gasteiger partial charge in [0.15, 0.2) is 5.69 Å². The van der Waals surface area contributed by atoms with Gasteiger partial charge in [-0.15, -0.1) is 5.10 Å². The molecule has 0 unspecified atom stereocenters. The average Bonchev–Trinajstić information content (AvgIpc) is 3.63. The minimum atomic E-state index is 0.0281. The van der Waals surface area contributed by atoms with Crippen LogP contribution in [-0.4, -0.2) is 54.0 Å². The normalized spacial score (nSPS) is 16.1. The molecule has 9 heteroatoms. The van der Waals surface area contributed by atoms with Gasteiger partial charge in [0.05, 0.1) is 12.2 Å². The number of carbonyl (C=O) groups is 1. The van der Waals surface area contributed by atoms with Gasteiger partial charge in [-0.1, -0.05) is 40.7 Å². The van der Waals surface area contributed by atoms with Crippen molar-refractivity contribution in [3.05, 3.63) is 72.6 Å². The van der Waals surface area contributed by atoms with Gasteiger partial charge in [-0.3, -0.25) is 4.79 Å².